The van der Waals surface area contributed by atoms with Gasteiger partial charge >= 0.3 is 12.1 Å². The Kier molecular flexibility index (Phi) is 7.61. The van der Waals surface area contributed by atoms with Crippen LogP contribution in [0.5, 0.6) is 0 Å². The number of ether oxygens (including phenoxy) is 2. The predicted octanol–water partition coefficient (Wildman–Crippen LogP) is 3.96. The van der Waals surface area contributed by atoms with Gasteiger partial charge in [-0.1, -0.05) is 44.2 Å². The maximum Gasteiger partial charge on any atom is 0.408 e. The molecule has 2 atom stereocenters. The van der Waals surface area contributed by atoms with E-state index in [2.05, 4.69) is 10.3 Å². The number of amides is 1. The normalized spacial score (nSPS) is 13.6. The molecule has 0 aliphatic heterocycles. The van der Waals surface area contributed by atoms with Crippen molar-refractivity contribution >= 4 is 12.1 Å². The van der Waals surface area contributed by atoms with Crippen molar-refractivity contribution in [3.05, 3.63) is 53.2 Å². The van der Waals surface area contributed by atoms with Gasteiger partial charge in [0, 0.05) is 6.42 Å². The topological polar surface area (TPSA) is 111 Å². The summed E-state index contributed by atoms with van der Waals surface area (Å²) in [6.45, 7) is 9.05. The number of hydrogen-bond acceptors (Lipinski definition) is 7. The number of aliphatic hydroxyl groups is 1. The summed E-state index contributed by atoms with van der Waals surface area (Å²) in [7, 11) is 1.24. The molecule has 0 aliphatic carbocycles. The fraction of sp³-hybridized carbons (Fsp3) is 0.500. The van der Waals surface area contributed by atoms with Gasteiger partial charge in [0.25, 0.3) is 0 Å². The fourth-order valence-corrected chi connectivity index (χ4v) is 2.81. The molecule has 2 aromatic rings. The van der Waals surface area contributed by atoms with Crippen LogP contribution in [-0.2, 0) is 15.9 Å². The van der Waals surface area contributed by atoms with E-state index >= 15 is 0 Å². The van der Waals surface area contributed by atoms with Gasteiger partial charge in [-0.25, -0.2) is 14.6 Å². The average molecular weight is 418 g/mol. The van der Waals surface area contributed by atoms with Crippen molar-refractivity contribution in [2.45, 2.75) is 58.8 Å². The van der Waals surface area contributed by atoms with Crippen molar-refractivity contribution in [1.82, 2.24) is 10.3 Å². The predicted molar refractivity (Wildman–Crippen MR) is 110 cm³/mol. The minimum absolute atomic E-state index is 0.0265. The number of aliphatic hydroxyl groups excluding tert-OH is 1. The third-order valence-corrected chi connectivity index (χ3v) is 4.26. The number of oxazole rings is 1. The second-order valence-electron chi connectivity index (χ2n) is 8.31. The first kappa shape index (κ1) is 23.4. The zero-order valence-electron chi connectivity index (χ0n) is 18.3. The van der Waals surface area contributed by atoms with Crippen molar-refractivity contribution < 1.29 is 28.6 Å². The van der Waals surface area contributed by atoms with Gasteiger partial charge in [-0.2, -0.15) is 0 Å². The summed E-state index contributed by atoms with van der Waals surface area (Å²) in [6, 6.07) is 8.39. The maximum atomic E-state index is 12.3. The standard InChI is InChI=1S/C22H30N2O6/c1-13(2)17(24-21(27)30-22(3,4)5)19-23-18(20(26)28-6)16(29-19)12-15(25)14-10-8-7-9-11-14/h7-11,13,15,17,25H,12H2,1-6H3,(H,24,27). The van der Waals surface area contributed by atoms with Crippen LogP contribution in [0.15, 0.2) is 34.7 Å². The maximum absolute atomic E-state index is 12.3. The molecule has 0 saturated heterocycles. The van der Waals surface area contributed by atoms with Crippen LogP contribution in [0.25, 0.3) is 0 Å². The summed E-state index contributed by atoms with van der Waals surface area (Å²) in [5.74, 6) is -0.454. The molecule has 1 heterocycles. The molecule has 0 spiro atoms. The number of nitrogens with zero attached hydrogens (tertiary/aromatic N) is 1. The van der Waals surface area contributed by atoms with Gasteiger partial charge in [-0.05, 0) is 32.3 Å². The molecule has 30 heavy (non-hydrogen) atoms. The summed E-state index contributed by atoms with van der Waals surface area (Å²) in [6.07, 6.45) is -1.49. The molecular formula is C22H30N2O6. The number of carbonyl (C=O) groups excluding carboxylic acids is 2. The number of methoxy groups -OCH3 is 1. The SMILES string of the molecule is COC(=O)c1nc(C(NC(=O)OC(C)(C)C)C(C)C)oc1CC(O)c1ccccc1. The molecule has 0 radical (unpaired) electrons. The summed E-state index contributed by atoms with van der Waals surface area (Å²) in [5, 5.41) is 13.3. The van der Waals surface area contributed by atoms with E-state index in [9.17, 15) is 14.7 Å². The Hall–Kier alpha value is -2.87. The van der Waals surface area contributed by atoms with Crippen LogP contribution in [0.2, 0.25) is 0 Å². The Morgan fingerprint density at radius 2 is 1.83 bits per heavy atom. The fourth-order valence-electron chi connectivity index (χ4n) is 2.81. The van der Waals surface area contributed by atoms with E-state index in [-0.39, 0.29) is 29.7 Å². The van der Waals surface area contributed by atoms with E-state index in [0.717, 1.165) is 0 Å². The van der Waals surface area contributed by atoms with Crippen LogP contribution in [0, 0.1) is 5.92 Å². The monoisotopic (exact) mass is 418 g/mol. The first-order valence-corrected chi connectivity index (χ1v) is 9.82. The lowest BCUT2D eigenvalue weighted by atomic mass is 10.0. The molecule has 1 amide bonds. The lowest BCUT2D eigenvalue weighted by Gasteiger charge is -2.24. The first-order valence-electron chi connectivity index (χ1n) is 9.82. The van der Waals surface area contributed by atoms with E-state index in [1.807, 2.05) is 32.0 Å². The van der Waals surface area contributed by atoms with Crippen molar-refractivity contribution in [1.29, 1.82) is 0 Å². The highest BCUT2D eigenvalue weighted by atomic mass is 16.6. The molecule has 0 fully saturated rings. The van der Waals surface area contributed by atoms with Crippen LogP contribution in [0.3, 0.4) is 0 Å². The highest BCUT2D eigenvalue weighted by molar-refractivity contribution is 5.88. The van der Waals surface area contributed by atoms with Crippen LogP contribution in [0.4, 0.5) is 4.79 Å². The van der Waals surface area contributed by atoms with Gasteiger partial charge < -0.3 is 24.3 Å². The van der Waals surface area contributed by atoms with E-state index < -0.39 is 29.8 Å². The van der Waals surface area contributed by atoms with E-state index in [0.29, 0.717) is 5.56 Å². The summed E-state index contributed by atoms with van der Waals surface area (Å²) >= 11 is 0. The van der Waals surface area contributed by atoms with Crippen molar-refractivity contribution in [2.75, 3.05) is 7.11 Å². The van der Waals surface area contributed by atoms with Crippen molar-refractivity contribution in [2.24, 2.45) is 5.92 Å². The zero-order valence-corrected chi connectivity index (χ0v) is 18.3. The molecule has 2 N–H and O–H groups in total. The van der Waals surface area contributed by atoms with Crippen LogP contribution >= 0.6 is 0 Å². The van der Waals surface area contributed by atoms with E-state index in [4.69, 9.17) is 13.9 Å². The molecule has 1 aromatic carbocycles. The van der Waals surface area contributed by atoms with Crippen LogP contribution in [0.1, 0.15) is 74.5 Å². The summed E-state index contributed by atoms with van der Waals surface area (Å²) in [4.78, 5) is 28.8. The van der Waals surface area contributed by atoms with E-state index in [1.54, 1.807) is 32.9 Å². The van der Waals surface area contributed by atoms with Crippen LogP contribution in [-0.4, -0.2) is 34.9 Å². The smallest absolute Gasteiger partial charge is 0.408 e. The largest absolute Gasteiger partial charge is 0.464 e. The lowest BCUT2D eigenvalue weighted by molar-refractivity contribution is 0.0477. The second-order valence-corrected chi connectivity index (χ2v) is 8.31. The number of alkyl carbamates (subject to hydrolysis) is 1. The number of hydrogen-bond donors (Lipinski definition) is 2. The Morgan fingerprint density at radius 1 is 1.20 bits per heavy atom. The van der Waals surface area contributed by atoms with Gasteiger partial charge in [0.1, 0.15) is 17.4 Å². The highest BCUT2D eigenvalue weighted by Gasteiger charge is 2.30. The minimum Gasteiger partial charge on any atom is -0.464 e. The average Bonchev–Trinajstić information content (AvgIpc) is 3.07. The molecule has 164 valence electrons. The molecule has 1 aromatic heterocycles. The van der Waals surface area contributed by atoms with E-state index in [1.165, 1.54) is 7.11 Å². The number of esters is 1. The number of carbonyl (C=O) groups is 2. The molecular weight excluding hydrogens is 388 g/mol. The number of rotatable bonds is 7. The second kappa shape index (κ2) is 9.75. The molecule has 0 bridgehead atoms. The van der Waals surface area contributed by atoms with Gasteiger partial charge in [0.2, 0.25) is 5.89 Å². The molecule has 8 nitrogen and oxygen atoms in total. The Bertz CT molecular complexity index is 854. The molecule has 2 rings (SSSR count). The van der Waals surface area contributed by atoms with Crippen LogP contribution < -0.4 is 5.32 Å². The summed E-state index contributed by atoms with van der Waals surface area (Å²) < 4.78 is 16.0. The molecule has 0 aliphatic rings. The Labute approximate surface area is 176 Å². The number of nitrogens with one attached hydrogen (secondary N) is 1. The molecule has 2 unspecified atom stereocenters. The molecule has 8 heteroatoms. The quantitative estimate of drug-likeness (QED) is 0.655. The van der Waals surface area contributed by atoms with Gasteiger partial charge in [0.05, 0.1) is 13.2 Å². The first-order chi connectivity index (χ1) is 14.0. The van der Waals surface area contributed by atoms with Crippen molar-refractivity contribution in [3.8, 4) is 0 Å². The summed E-state index contributed by atoms with van der Waals surface area (Å²) in [5.41, 5.74) is -0.0117. The Morgan fingerprint density at radius 3 is 2.37 bits per heavy atom. The minimum atomic E-state index is -0.897. The molecule has 0 saturated carbocycles. The number of aromatic nitrogens is 1. The zero-order chi connectivity index (χ0) is 22.5. The lowest BCUT2D eigenvalue weighted by Crippen LogP contribution is -2.37. The third kappa shape index (κ3) is 6.32. The van der Waals surface area contributed by atoms with Gasteiger partial charge in [-0.3, -0.25) is 0 Å². The van der Waals surface area contributed by atoms with Gasteiger partial charge in [-0.15, -0.1) is 0 Å². The van der Waals surface area contributed by atoms with Gasteiger partial charge in [0.15, 0.2) is 5.69 Å². The highest BCUT2D eigenvalue weighted by Crippen LogP contribution is 2.28. The third-order valence-electron chi connectivity index (χ3n) is 4.26. The Balaban J connectivity index is 2.32. The van der Waals surface area contributed by atoms with Crippen molar-refractivity contribution in [3.63, 3.8) is 0 Å². The number of benzene rings is 1.